The average Bonchev–Trinajstić information content (AvgIpc) is 2.84. The molecular formula is C28H39N3O4S2. The first-order valence-electron chi connectivity index (χ1n) is 12.9. The molecule has 0 unspecified atom stereocenters. The van der Waals surface area contributed by atoms with Crippen LogP contribution in [0.25, 0.3) is 0 Å². The minimum atomic E-state index is -3.57. The molecule has 1 aliphatic rings. The van der Waals surface area contributed by atoms with Crippen LogP contribution in [0.4, 0.5) is 5.69 Å². The molecule has 0 saturated heterocycles. The van der Waals surface area contributed by atoms with Gasteiger partial charge < -0.3 is 15.4 Å². The number of carbonyl (C=O) groups excluding carboxylic acids is 1. The van der Waals surface area contributed by atoms with Crippen molar-refractivity contribution in [2.24, 2.45) is 5.41 Å². The maximum Gasteiger partial charge on any atom is 0.240 e. The van der Waals surface area contributed by atoms with Gasteiger partial charge >= 0.3 is 0 Å². The van der Waals surface area contributed by atoms with Gasteiger partial charge in [-0.15, -0.1) is 0 Å². The van der Waals surface area contributed by atoms with Crippen LogP contribution in [0.15, 0.2) is 47.4 Å². The highest BCUT2D eigenvalue weighted by molar-refractivity contribution is 7.89. The third-order valence-electron chi connectivity index (χ3n) is 6.74. The number of hydrogen-bond donors (Lipinski definition) is 3. The summed E-state index contributed by atoms with van der Waals surface area (Å²) in [4.78, 5) is 13.0. The number of thiocarbonyl (C=S) groups is 1. The number of anilines is 1. The number of amides is 1. The number of nitrogens with one attached hydrogen (secondary N) is 3. The third-order valence-corrected chi connectivity index (χ3v) is 8.48. The lowest BCUT2D eigenvalue weighted by Gasteiger charge is -2.24. The van der Waals surface area contributed by atoms with Crippen molar-refractivity contribution in [3.05, 3.63) is 53.6 Å². The molecule has 3 N–H and O–H groups in total. The fourth-order valence-electron chi connectivity index (χ4n) is 4.33. The van der Waals surface area contributed by atoms with Crippen LogP contribution in [-0.4, -0.2) is 32.1 Å². The summed E-state index contributed by atoms with van der Waals surface area (Å²) in [6.07, 6.45) is 6.37. The predicted molar refractivity (Wildman–Crippen MR) is 152 cm³/mol. The standard InChI is InChI=1S/C28H39N3O4S2/c1-20-11-12-21(2)25(19-20)35-18-8-17-28(3,4)26(32)30-27(36)29-22-13-15-24(16-14-22)37(33,34)31-23-9-6-5-7-10-23/h11-16,19,23,31H,5-10,17-18H2,1-4H3,(H2,29,30,32,36). The Labute approximate surface area is 226 Å². The largest absolute Gasteiger partial charge is 0.493 e. The van der Waals surface area contributed by atoms with Crippen molar-refractivity contribution in [3.8, 4) is 5.75 Å². The molecule has 7 nitrogen and oxygen atoms in total. The van der Waals surface area contributed by atoms with E-state index in [0.29, 0.717) is 18.7 Å². The van der Waals surface area contributed by atoms with E-state index in [0.717, 1.165) is 55.4 Å². The molecule has 202 valence electrons. The zero-order chi connectivity index (χ0) is 27.1. The molecular weight excluding hydrogens is 506 g/mol. The normalized spacial score (nSPS) is 14.7. The lowest BCUT2D eigenvalue weighted by Crippen LogP contribution is -2.42. The molecule has 0 spiro atoms. The minimum absolute atomic E-state index is 0.000843. The highest BCUT2D eigenvalue weighted by Gasteiger charge is 2.28. The summed E-state index contributed by atoms with van der Waals surface area (Å²) < 4.78 is 34.1. The molecule has 0 atom stereocenters. The van der Waals surface area contributed by atoms with Crippen molar-refractivity contribution in [1.82, 2.24) is 10.0 Å². The van der Waals surface area contributed by atoms with Crippen molar-refractivity contribution >= 4 is 38.9 Å². The van der Waals surface area contributed by atoms with Gasteiger partial charge in [0.1, 0.15) is 5.75 Å². The molecule has 0 radical (unpaired) electrons. The van der Waals surface area contributed by atoms with Crippen molar-refractivity contribution in [2.45, 2.75) is 83.6 Å². The first-order valence-corrected chi connectivity index (χ1v) is 14.8. The Morgan fingerprint density at radius 3 is 2.41 bits per heavy atom. The van der Waals surface area contributed by atoms with Crippen molar-refractivity contribution in [2.75, 3.05) is 11.9 Å². The highest BCUT2D eigenvalue weighted by Crippen LogP contribution is 2.25. The van der Waals surface area contributed by atoms with E-state index in [-0.39, 0.29) is 22.0 Å². The molecule has 0 aromatic heterocycles. The zero-order valence-corrected chi connectivity index (χ0v) is 23.9. The van der Waals surface area contributed by atoms with E-state index in [9.17, 15) is 13.2 Å². The maximum atomic E-state index is 12.8. The van der Waals surface area contributed by atoms with Crippen LogP contribution in [0.5, 0.6) is 5.75 Å². The first kappa shape index (κ1) is 29.1. The molecule has 0 aliphatic heterocycles. The Balaban J connectivity index is 1.45. The van der Waals surface area contributed by atoms with E-state index in [4.69, 9.17) is 17.0 Å². The summed E-state index contributed by atoms with van der Waals surface area (Å²) in [5.41, 5.74) is 2.19. The van der Waals surface area contributed by atoms with Gasteiger partial charge in [-0.3, -0.25) is 4.79 Å². The molecule has 0 bridgehead atoms. The Morgan fingerprint density at radius 1 is 1.05 bits per heavy atom. The van der Waals surface area contributed by atoms with Gasteiger partial charge in [-0.1, -0.05) is 45.2 Å². The van der Waals surface area contributed by atoms with E-state index in [1.807, 2.05) is 39.8 Å². The average molecular weight is 546 g/mol. The van der Waals surface area contributed by atoms with E-state index in [1.54, 1.807) is 12.1 Å². The van der Waals surface area contributed by atoms with Crippen molar-refractivity contribution < 1.29 is 17.9 Å². The lowest BCUT2D eigenvalue weighted by molar-refractivity contribution is -0.128. The van der Waals surface area contributed by atoms with E-state index in [2.05, 4.69) is 21.4 Å². The number of rotatable bonds is 10. The quantitative estimate of drug-likeness (QED) is 0.265. The number of benzene rings is 2. The summed E-state index contributed by atoms with van der Waals surface area (Å²) in [7, 11) is -3.57. The summed E-state index contributed by atoms with van der Waals surface area (Å²) in [5.74, 6) is 0.684. The van der Waals surface area contributed by atoms with Crippen LogP contribution in [0.1, 0.15) is 69.9 Å². The number of aryl methyl sites for hydroxylation is 2. The Morgan fingerprint density at radius 2 is 1.73 bits per heavy atom. The first-order chi connectivity index (χ1) is 17.5. The zero-order valence-electron chi connectivity index (χ0n) is 22.2. The van der Waals surface area contributed by atoms with Gasteiger partial charge in [0.2, 0.25) is 15.9 Å². The third kappa shape index (κ3) is 8.79. The van der Waals surface area contributed by atoms with E-state index >= 15 is 0 Å². The number of ether oxygens (including phenoxy) is 1. The van der Waals surface area contributed by atoms with E-state index < -0.39 is 15.4 Å². The van der Waals surface area contributed by atoms with Crippen LogP contribution in [0.3, 0.4) is 0 Å². The second-order valence-electron chi connectivity index (χ2n) is 10.5. The van der Waals surface area contributed by atoms with Gasteiger partial charge in [0.05, 0.1) is 11.5 Å². The van der Waals surface area contributed by atoms with E-state index in [1.165, 1.54) is 12.1 Å². The summed E-state index contributed by atoms with van der Waals surface area (Å²) in [6, 6.07) is 12.5. The minimum Gasteiger partial charge on any atom is -0.493 e. The second-order valence-corrected chi connectivity index (χ2v) is 12.6. The van der Waals surface area contributed by atoms with Crippen LogP contribution in [0.2, 0.25) is 0 Å². The monoisotopic (exact) mass is 545 g/mol. The van der Waals surface area contributed by atoms with Crippen LogP contribution < -0.4 is 20.1 Å². The van der Waals surface area contributed by atoms with Gasteiger partial charge in [0.15, 0.2) is 5.11 Å². The number of carbonyl (C=O) groups is 1. The Bertz CT molecular complexity index is 1190. The fourth-order valence-corrected chi connectivity index (χ4v) is 5.85. The summed E-state index contributed by atoms with van der Waals surface area (Å²) >= 11 is 5.32. The fraction of sp³-hybridized carbons (Fsp3) is 0.500. The van der Waals surface area contributed by atoms with Gasteiger partial charge in [0, 0.05) is 17.1 Å². The number of sulfonamides is 1. The second kappa shape index (κ2) is 12.8. The molecule has 0 heterocycles. The Kier molecular flexibility index (Phi) is 10.1. The van der Waals surface area contributed by atoms with Crippen LogP contribution in [-0.2, 0) is 14.8 Å². The molecule has 1 aliphatic carbocycles. The SMILES string of the molecule is Cc1ccc(C)c(OCCCC(C)(C)C(=O)NC(=S)Nc2ccc(S(=O)(=O)NC3CCCCC3)cc2)c1. The molecule has 2 aromatic carbocycles. The highest BCUT2D eigenvalue weighted by atomic mass is 32.2. The summed E-state index contributed by atoms with van der Waals surface area (Å²) in [6.45, 7) is 8.32. The maximum absolute atomic E-state index is 12.8. The molecule has 9 heteroatoms. The molecule has 1 fully saturated rings. The van der Waals surface area contributed by atoms with Gasteiger partial charge in [-0.25, -0.2) is 13.1 Å². The van der Waals surface area contributed by atoms with Gasteiger partial charge in [0.25, 0.3) is 0 Å². The molecule has 3 rings (SSSR count). The molecule has 1 amide bonds. The lowest BCUT2D eigenvalue weighted by atomic mass is 9.87. The molecule has 37 heavy (non-hydrogen) atoms. The Hall–Kier alpha value is -2.49. The smallest absolute Gasteiger partial charge is 0.240 e. The van der Waals surface area contributed by atoms with Gasteiger partial charge in [-0.2, -0.15) is 0 Å². The van der Waals surface area contributed by atoms with Crippen LogP contribution in [0, 0.1) is 19.3 Å². The molecule has 1 saturated carbocycles. The van der Waals surface area contributed by atoms with Crippen LogP contribution >= 0.6 is 12.2 Å². The van der Waals surface area contributed by atoms with Crippen molar-refractivity contribution in [3.63, 3.8) is 0 Å². The molecule has 2 aromatic rings. The predicted octanol–water partition coefficient (Wildman–Crippen LogP) is 5.61. The van der Waals surface area contributed by atoms with Gasteiger partial charge in [-0.05, 0) is 93.2 Å². The number of hydrogen-bond acceptors (Lipinski definition) is 5. The van der Waals surface area contributed by atoms with Crippen molar-refractivity contribution in [1.29, 1.82) is 0 Å². The summed E-state index contributed by atoms with van der Waals surface area (Å²) in [5, 5.41) is 5.88. The topological polar surface area (TPSA) is 96.5 Å².